The van der Waals surface area contributed by atoms with E-state index in [0.717, 1.165) is 12.1 Å². The minimum absolute atomic E-state index is 0.148. The highest BCUT2D eigenvalue weighted by molar-refractivity contribution is 9.10. The molecule has 0 spiro atoms. The summed E-state index contributed by atoms with van der Waals surface area (Å²) in [6.45, 7) is 0. The van der Waals surface area contributed by atoms with Crippen LogP contribution in [0.3, 0.4) is 0 Å². The molecule has 0 saturated heterocycles. The van der Waals surface area contributed by atoms with Crippen molar-refractivity contribution in [1.29, 1.82) is 0 Å². The first-order valence-corrected chi connectivity index (χ1v) is 12.2. The number of carbonyl (C=O) groups excluding carboxylic acids is 2. The summed E-state index contributed by atoms with van der Waals surface area (Å²) < 4.78 is 162. The van der Waals surface area contributed by atoms with Gasteiger partial charge >= 0.3 is 30.1 Å². The molecule has 0 bridgehead atoms. The van der Waals surface area contributed by atoms with Crippen LogP contribution in [0.25, 0.3) is 11.1 Å². The Morgan fingerprint density at radius 3 is 1.86 bits per heavy atom. The molecule has 2 N–H and O–H groups in total. The Labute approximate surface area is 242 Å². The Kier molecular flexibility index (Phi) is 8.94. The second-order valence-corrected chi connectivity index (χ2v) is 9.62. The van der Waals surface area contributed by atoms with E-state index in [9.17, 15) is 62.3 Å². The summed E-state index contributed by atoms with van der Waals surface area (Å²) in [5, 5.41) is 4.11. The predicted octanol–water partition coefficient (Wildman–Crippen LogP) is 8.67. The normalized spacial score (nSPS) is 14.2. The largest absolute Gasteiger partial charge is 0.457 e. The standard InChI is InChI=1S/C26H15BrF12N2O2/c1-40-21(43)16-8-3-2-7-15(16)12-5-4-6-13(9-12)20(42)41-19-17(23(29,30)31)10-14(11-18(19)27)22(28,25(34,35)36)24(32,33)26(37,38)39/h2-11H,1H3,(H,40,43)(H,41,42). The number of rotatable bonds is 6. The number of halogens is 13. The first kappa shape index (κ1) is 33.7. The van der Waals surface area contributed by atoms with Gasteiger partial charge < -0.3 is 10.6 Å². The lowest BCUT2D eigenvalue weighted by Gasteiger charge is -2.36. The molecule has 1 atom stereocenters. The van der Waals surface area contributed by atoms with Crippen molar-refractivity contribution in [2.75, 3.05) is 12.4 Å². The number of hydrogen-bond donors (Lipinski definition) is 2. The van der Waals surface area contributed by atoms with Gasteiger partial charge in [-0.2, -0.15) is 48.3 Å². The maximum atomic E-state index is 14.9. The third-order valence-corrected chi connectivity index (χ3v) is 6.67. The maximum Gasteiger partial charge on any atom is 0.457 e. The van der Waals surface area contributed by atoms with Crippen molar-refractivity contribution >= 4 is 33.4 Å². The molecule has 3 aromatic rings. The number of anilines is 1. The smallest absolute Gasteiger partial charge is 0.355 e. The monoisotopic (exact) mass is 694 g/mol. The van der Waals surface area contributed by atoms with Gasteiger partial charge in [-0.3, -0.25) is 9.59 Å². The minimum atomic E-state index is -7.23. The summed E-state index contributed by atoms with van der Waals surface area (Å²) >= 11 is 2.33. The summed E-state index contributed by atoms with van der Waals surface area (Å²) in [6.07, 6.45) is -20.0. The van der Waals surface area contributed by atoms with Crippen LogP contribution in [-0.2, 0) is 11.8 Å². The third kappa shape index (κ3) is 6.17. The molecule has 0 aliphatic carbocycles. The Morgan fingerprint density at radius 2 is 1.33 bits per heavy atom. The van der Waals surface area contributed by atoms with Crippen LogP contribution in [-0.4, -0.2) is 37.1 Å². The molecule has 2 amide bonds. The average molecular weight is 695 g/mol. The lowest BCUT2D eigenvalue weighted by molar-refractivity contribution is -0.389. The number of hydrogen-bond acceptors (Lipinski definition) is 2. The van der Waals surface area contributed by atoms with E-state index in [-0.39, 0.29) is 28.3 Å². The van der Waals surface area contributed by atoms with E-state index in [2.05, 4.69) is 21.2 Å². The molecule has 0 radical (unpaired) electrons. The number of amides is 2. The summed E-state index contributed by atoms with van der Waals surface area (Å²) in [6, 6.07) is 9.66. The van der Waals surface area contributed by atoms with E-state index in [0.29, 0.717) is 0 Å². The van der Waals surface area contributed by atoms with Crippen LogP contribution >= 0.6 is 15.9 Å². The molecular weight excluding hydrogens is 680 g/mol. The van der Waals surface area contributed by atoms with Crippen LogP contribution in [0.1, 0.15) is 31.8 Å². The maximum absolute atomic E-state index is 14.9. The van der Waals surface area contributed by atoms with Crippen molar-refractivity contribution in [1.82, 2.24) is 5.32 Å². The van der Waals surface area contributed by atoms with Gasteiger partial charge in [0, 0.05) is 28.2 Å². The number of carbonyl (C=O) groups is 2. The van der Waals surface area contributed by atoms with Crippen LogP contribution in [0.5, 0.6) is 0 Å². The van der Waals surface area contributed by atoms with E-state index in [4.69, 9.17) is 0 Å². The molecule has 0 aliphatic rings. The first-order chi connectivity index (χ1) is 19.6. The van der Waals surface area contributed by atoms with Crippen LogP contribution in [0.15, 0.2) is 65.1 Å². The Balaban J connectivity index is 2.15. The molecule has 232 valence electrons. The topological polar surface area (TPSA) is 58.2 Å². The Hall–Kier alpha value is -3.76. The molecule has 43 heavy (non-hydrogen) atoms. The summed E-state index contributed by atoms with van der Waals surface area (Å²) in [5.41, 5.74) is -12.9. The van der Waals surface area contributed by atoms with Crippen molar-refractivity contribution in [2.45, 2.75) is 30.1 Å². The van der Waals surface area contributed by atoms with E-state index in [1.807, 2.05) is 0 Å². The zero-order valence-electron chi connectivity index (χ0n) is 21.0. The third-order valence-electron chi connectivity index (χ3n) is 6.05. The summed E-state index contributed by atoms with van der Waals surface area (Å²) in [5.74, 6) is -9.10. The SMILES string of the molecule is CNC(=O)c1ccccc1-c1cccc(C(=O)Nc2c(Br)cc(C(F)(C(F)(F)F)C(F)(F)C(F)(F)F)cc2C(F)(F)F)c1. The van der Waals surface area contributed by atoms with Crippen molar-refractivity contribution in [2.24, 2.45) is 0 Å². The molecule has 3 aromatic carbocycles. The van der Waals surface area contributed by atoms with Gasteiger partial charge in [0.15, 0.2) is 0 Å². The summed E-state index contributed by atoms with van der Waals surface area (Å²) in [4.78, 5) is 25.1. The highest BCUT2D eigenvalue weighted by Gasteiger charge is 2.82. The van der Waals surface area contributed by atoms with Crippen LogP contribution in [0.4, 0.5) is 58.4 Å². The van der Waals surface area contributed by atoms with Gasteiger partial charge in [-0.05, 0) is 57.4 Å². The Morgan fingerprint density at radius 1 is 0.721 bits per heavy atom. The fourth-order valence-corrected chi connectivity index (χ4v) is 4.51. The zero-order chi connectivity index (χ0) is 32.8. The molecule has 0 saturated carbocycles. The lowest BCUT2D eigenvalue weighted by Crippen LogP contribution is -2.59. The molecule has 17 heteroatoms. The lowest BCUT2D eigenvalue weighted by atomic mass is 9.86. The van der Waals surface area contributed by atoms with Gasteiger partial charge in [-0.15, -0.1) is 0 Å². The molecule has 1 unspecified atom stereocenters. The van der Waals surface area contributed by atoms with Crippen molar-refractivity contribution in [3.63, 3.8) is 0 Å². The quantitative estimate of drug-likeness (QED) is 0.254. The van der Waals surface area contributed by atoms with Gasteiger partial charge in [0.1, 0.15) is 0 Å². The number of nitrogens with one attached hydrogen (secondary N) is 2. The van der Waals surface area contributed by atoms with E-state index in [1.165, 1.54) is 43.4 Å². The van der Waals surface area contributed by atoms with Crippen LogP contribution in [0.2, 0.25) is 0 Å². The van der Waals surface area contributed by atoms with Gasteiger partial charge in [0.05, 0.1) is 11.3 Å². The van der Waals surface area contributed by atoms with Crippen molar-refractivity contribution in [3.8, 4) is 11.1 Å². The molecule has 0 heterocycles. The van der Waals surface area contributed by atoms with E-state index < -0.39 is 69.3 Å². The van der Waals surface area contributed by atoms with Gasteiger partial charge in [0.2, 0.25) is 0 Å². The van der Waals surface area contributed by atoms with Gasteiger partial charge in [-0.1, -0.05) is 30.3 Å². The second kappa shape index (κ2) is 11.4. The average Bonchev–Trinajstić information content (AvgIpc) is 2.91. The van der Waals surface area contributed by atoms with Crippen molar-refractivity contribution < 1.29 is 62.3 Å². The highest BCUT2D eigenvalue weighted by atomic mass is 79.9. The zero-order valence-corrected chi connectivity index (χ0v) is 22.6. The minimum Gasteiger partial charge on any atom is -0.355 e. The molecule has 3 rings (SSSR count). The molecule has 0 aromatic heterocycles. The predicted molar refractivity (Wildman–Crippen MR) is 132 cm³/mol. The van der Waals surface area contributed by atoms with Gasteiger partial charge in [-0.25, -0.2) is 4.39 Å². The first-order valence-electron chi connectivity index (χ1n) is 11.4. The second-order valence-electron chi connectivity index (χ2n) is 8.77. The van der Waals surface area contributed by atoms with E-state index >= 15 is 0 Å². The fraction of sp³-hybridized carbons (Fsp3) is 0.231. The van der Waals surface area contributed by atoms with Crippen molar-refractivity contribution in [3.05, 3.63) is 87.4 Å². The molecule has 4 nitrogen and oxygen atoms in total. The molecule has 0 aliphatic heterocycles. The molecule has 0 fully saturated rings. The Bertz CT molecular complexity index is 1550. The van der Waals surface area contributed by atoms with E-state index in [1.54, 1.807) is 5.32 Å². The summed E-state index contributed by atoms with van der Waals surface area (Å²) in [7, 11) is 1.34. The fourth-order valence-electron chi connectivity index (χ4n) is 3.96. The highest BCUT2D eigenvalue weighted by Crippen LogP contribution is 2.59. The number of alkyl halides is 12. The molecular formula is C26H15BrF12N2O2. The van der Waals surface area contributed by atoms with Crippen LogP contribution < -0.4 is 10.6 Å². The van der Waals surface area contributed by atoms with Crippen LogP contribution in [0, 0.1) is 0 Å². The van der Waals surface area contributed by atoms with Gasteiger partial charge in [0.25, 0.3) is 11.8 Å². The number of benzene rings is 3.